The Morgan fingerprint density at radius 3 is 1.27 bits per heavy atom. The zero-order chi connectivity index (χ0) is 27.0. The van der Waals surface area contributed by atoms with Gasteiger partial charge in [0.2, 0.25) is 17.2 Å². The summed E-state index contributed by atoms with van der Waals surface area (Å²) in [7, 11) is 0. The maximum Gasteiger partial charge on any atom is 0.323 e. The summed E-state index contributed by atoms with van der Waals surface area (Å²) in [4.78, 5) is 54.6. The van der Waals surface area contributed by atoms with Gasteiger partial charge in [-0.3, -0.25) is 19.2 Å². The van der Waals surface area contributed by atoms with E-state index in [1.807, 2.05) is 0 Å². The molecule has 12 heteroatoms. The second-order valence-corrected chi connectivity index (χ2v) is 17.9. The van der Waals surface area contributed by atoms with Crippen molar-refractivity contribution >= 4 is 87.0 Å². The first-order valence-electron chi connectivity index (χ1n) is 9.91. The number of esters is 1. The molecule has 0 rings (SSSR count). The van der Waals surface area contributed by atoms with Crippen LogP contribution in [-0.4, -0.2) is 80.9 Å². The first-order chi connectivity index (χ1) is 14.4. The molecule has 33 heavy (non-hydrogen) atoms. The van der Waals surface area contributed by atoms with Crippen LogP contribution in [0.1, 0.15) is 55.4 Å². The second kappa shape index (κ2) is 10.7. The molecule has 0 radical (unpaired) electrons. The largest absolute Gasteiger partial charge is 0.440 e. The molecular weight excluding hydrogens is 700 g/mol. The molecule has 0 aliphatic carbocycles. The zero-order valence-electron chi connectivity index (χ0n) is 19.9. The molecule has 1 unspecified atom stereocenters. The summed E-state index contributed by atoms with van der Waals surface area (Å²) in [5, 5.41) is 31.8. The lowest BCUT2D eigenvalue weighted by Crippen LogP contribution is -2.75. The van der Waals surface area contributed by atoms with Gasteiger partial charge in [-0.1, -0.05) is 63.7 Å². The van der Waals surface area contributed by atoms with Gasteiger partial charge in [-0.25, -0.2) is 0 Å². The van der Waals surface area contributed by atoms with Gasteiger partial charge in [-0.2, -0.15) is 0 Å². The number of ketones is 3. The Morgan fingerprint density at radius 2 is 1.06 bits per heavy atom. The number of aliphatic hydroxyl groups is 3. The van der Waals surface area contributed by atoms with Crippen molar-refractivity contribution in [2.45, 2.75) is 84.4 Å². The summed E-state index contributed by atoms with van der Waals surface area (Å²) < 4.78 is -0.241. The van der Waals surface area contributed by atoms with E-state index in [1.54, 1.807) is 0 Å². The van der Waals surface area contributed by atoms with Gasteiger partial charge in [0.15, 0.2) is 5.78 Å². The summed E-state index contributed by atoms with van der Waals surface area (Å²) in [6, 6.07) is 0. The van der Waals surface area contributed by atoms with Crippen LogP contribution in [0, 0.1) is 5.41 Å². The number of alkyl halides is 4. The van der Waals surface area contributed by atoms with Gasteiger partial charge in [0.05, 0.1) is 26.2 Å². The van der Waals surface area contributed by atoms with E-state index in [-0.39, 0.29) is 0 Å². The molecule has 192 valence electrons. The quantitative estimate of drug-likeness (QED) is 0.158. The Balaban J connectivity index is 7.84. The first kappa shape index (κ1) is 33.3. The van der Waals surface area contributed by atoms with Crippen LogP contribution in [-0.2, 0) is 23.9 Å². The molecule has 0 aromatic carbocycles. The van der Waals surface area contributed by atoms with Crippen molar-refractivity contribution in [1.82, 2.24) is 0 Å². The number of aliphatic hydroxyl groups excluding tert-OH is 3. The van der Waals surface area contributed by atoms with Gasteiger partial charge < -0.3 is 20.1 Å². The Morgan fingerprint density at radius 1 is 0.727 bits per heavy atom. The molecule has 0 saturated heterocycles. The zero-order valence-corrected chi connectivity index (χ0v) is 26.2. The summed E-state index contributed by atoms with van der Waals surface area (Å²) in [6.07, 6.45) is -1.91. The highest BCUT2D eigenvalue weighted by atomic mass is 79.9. The predicted octanol–water partition coefficient (Wildman–Crippen LogP) is 3.00. The van der Waals surface area contributed by atoms with E-state index in [0.29, 0.717) is 0 Å². The van der Waals surface area contributed by atoms with Gasteiger partial charge in [0.1, 0.15) is 15.8 Å². The lowest BCUT2D eigenvalue weighted by Gasteiger charge is -2.49. The Hall–Kier alpha value is 0.280. The molecule has 3 N–H and O–H groups in total. The van der Waals surface area contributed by atoms with Crippen LogP contribution in [0.15, 0.2) is 0 Å². The minimum Gasteiger partial charge on any atom is -0.440 e. The number of carbonyl (C=O) groups excluding carboxylic acids is 4. The van der Waals surface area contributed by atoms with E-state index in [2.05, 4.69) is 63.7 Å². The highest BCUT2D eigenvalue weighted by Gasteiger charge is 2.72. The fourth-order valence-corrected chi connectivity index (χ4v) is 3.85. The minimum absolute atomic E-state index is 1.10. The van der Waals surface area contributed by atoms with Crippen LogP contribution in [0.4, 0.5) is 0 Å². The molecule has 0 amide bonds. The molecule has 0 aromatic heterocycles. The second-order valence-electron chi connectivity index (χ2n) is 9.88. The third kappa shape index (κ3) is 6.74. The topological polar surface area (TPSA) is 138 Å². The summed E-state index contributed by atoms with van der Waals surface area (Å²) in [5.74, 6) is -4.57. The van der Waals surface area contributed by atoms with E-state index >= 15 is 0 Å². The fourth-order valence-electron chi connectivity index (χ4n) is 3.00. The van der Waals surface area contributed by atoms with Crippen molar-refractivity contribution in [3.8, 4) is 0 Å². The number of carbonyl (C=O) groups is 4. The predicted molar refractivity (Wildman–Crippen MR) is 138 cm³/mol. The van der Waals surface area contributed by atoms with E-state index in [9.17, 15) is 34.5 Å². The van der Waals surface area contributed by atoms with Gasteiger partial charge >= 0.3 is 5.97 Å². The normalized spacial score (nSPS) is 15.1. The number of rotatable bonds is 12. The van der Waals surface area contributed by atoms with Crippen molar-refractivity contribution in [2.24, 2.45) is 5.41 Å². The van der Waals surface area contributed by atoms with Gasteiger partial charge in [0, 0.05) is 0 Å². The van der Waals surface area contributed by atoms with Gasteiger partial charge in [-0.15, -0.1) is 0 Å². The number of ether oxygens (including phenoxy) is 1. The standard InChI is InChI=1S/C21H32Br4O8/c1-16(2,22)11(28)12(29)20(9-26,10-27)21(13(30)17(3,4)23,14(31)18(5,6)24)33-15(32)19(7,8)25/h11,26-28H,9-10H2,1-8H3. The smallest absolute Gasteiger partial charge is 0.323 e. The van der Waals surface area contributed by atoms with Crippen molar-refractivity contribution in [1.29, 1.82) is 0 Å². The van der Waals surface area contributed by atoms with Crippen molar-refractivity contribution in [3.63, 3.8) is 0 Å². The van der Waals surface area contributed by atoms with E-state index in [1.165, 1.54) is 55.4 Å². The molecule has 0 aromatic rings. The average Bonchev–Trinajstić information content (AvgIpc) is 2.62. The lowest BCUT2D eigenvalue weighted by molar-refractivity contribution is -0.203. The highest BCUT2D eigenvalue weighted by molar-refractivity contribution is 9.10. The molecule has 0 spiro atoms. The van der Waals surface area contributed by atoms with Crippen molar-refractivity contribution in [3.05, 3.63) is 0 Å². The van der Waals surface area contributed by atoms with Crippen LogP contribution in [0.5, 0.6) is 0 Å². The molecule has 8 nitrogen and oxygen atoms in total. The Labute approximate surface area is 228 Å². The summed E-state index contributed by atoms with van der Waals surface area (Å²) >= 11 is 12.6. The van der Waals surface area contributed by atoms with Crippen LogP contribution < -0.4 is 0 Å². The van der Waals surface area contributed by atoms with E-state index in [0.717, 1.165) is 0 Å². The summed E-state index contributed by atoms with van der Waals surface area (Å²) in [6.45, 7) is 8.54. The first-order valence-corrected chi connectivity index (χ1v) is 13.1. The van der Waals surface area contributed by atoms with E-state index < -0.39 is 70.9 Å². The van der Waals surface area contributed by atoms with Crippen molar-refractivity contribution in [2.75, 3.05) is 13.2 Å². The number of Topliss-reactive ketones (excluding diaryl/α,β-unsaturated/α-hetero) is 3. The van der Waals surface area contributed by atoms with Crippen LogP contribution in [0.2, 0.25) is 0 Å². The molecular formula is C21H32Br4O8. The van der Waals surface area contributed by atoms with Gasteiger partial charge in [-0.05, 0) is 55.4 Å². The Kier molecular flexibility index (Phi) is 10.8. The van der Waals surface area contributed by atoms with Crippen LogP contribution in [0.3, 0.4) is 0 Å². The highest BCUT2D eigenvalue weighted by Crippen LogP contribution is 2.47. The Bertz CT molecular complexity index is 752. The molecule has 0 aliphatic heterocycles. The molecule has 0 fully saturated rings. The number of halogens is 4. The maximum atomic E-state index is 13.9. The maximum absolute atomic E-state index is 13.9. The molecule has 0 aliphatic rings. The lowest BCUT2D eigenvalue weighted by atomic mass is 9.60. The third-order valence-electron chi connectivity index (χ3n) is 5.03. The summed E-state index contributed by atoms with van der Waals surface area (Å²) in [5.41, 5.74) is -5.77. The van der Waals surface area contributed by atoms with Crippen LogP contribution in [0.25, 0.3) is 0 Å². The van der Waals surface area contributed by atoms with Crippen molar-refractivity contribution < 1.29 is 39.2 Å². The molecule has 0 bridgehead atoms. The molecule has 0 heterocycles. The van der Waals surface area contributed by atoms with Crippen LogP contribution >= 0.6 is 63.7 Å². The minimum atomic E-state index is -3.03. The fraction of sp³-hybridized carbons (Fsp3) is 0.810. The number of hydrogen-bond acceptors (Lipinski definition) is 8. The average molecular weight is 732 g/mol. The SMILES string of the molecule is CC(C)(Br)C(=O)OC(C(=O)C(C)(C)Br)(C(=O)C(C)(C)Br)C(CO)(CO)C(=O)C(O)C(C)(C)Br. The monoisotopic (exact) mass is 728 g/mol. The van der Waals surface area contributed by atoms with E-state index in [4.69, 9.17) is 4.74 Å². The number of hydrogen-bond donors (Lipinski definition) is 3. The molecule has 1 atom stereocenters. The third-order valence-corrected chi connectivity index (χ3v) is 6.51. The van der Waals surface area contributed by atoms with Gasteiger partial charge in [0.25, 0.3) is 0 Å². The molecule has 0 saturated carbocycles.